The van der Waals surface area contributed by atoms with E-state index in [0.717, 1.165) is 22.0 Å². The van der Waals surface area contributed by atoms with E-state index >= 15 is 0 Å². The van der Waals surface area contributed by atoms with Gasteiger partial charge in [0.25, 0.3) is 5.91 Å². The second kappa shape index (κ2) is 8.73. The molecule has 0 unspecified atom stereocenters. The molecule has 3 aromatic rings. The number of H-pyrrole nitrogens is 1. The summed E-state index contributed by atoms with van der Waals surface area (Å²) in [4.78, 5) is 30.7. The quantitative estimate of drug-likeness (QED) is 0.589. The van der Waals surface area contributed by atoms with Crippen LogP contribution in [0.4, 0.5) is 0 Å². The maximum Gasteiger partial charge on any atom is 0.323 e. The highest BCUT2D eigenvalue weighted by Crippen LogP contribution is 2.26. The Morgan fingerprint density at radius 1 is 1.19 bits per heavy atom. The number of carbonyl (C=O) groups is 2. The van der Waals surface area contributed by atoms with Gasteiger partial charge in [0.05, 0.1) is 7.11 Å². The van der Waals surface area contributed by atoms with Crippen molar-refractivity contribution < 1.29 is 14.3 Å². The Kier molecular flexibility index (Phi) is 6.03. The molecule has 1 saturated heterocycles. The summed E-state index contributed by atoms with van der Waals surface area (Å²) in [6.45, 7) is 5.14. The third-order valence-corrected chi connectivity index (χ3v) is 6.20. The van der Waals surface area contributed by atoms with Crippen LogP contribution in [0.25, 0.3) is 10.9 Å². The first-order valence-corrected chi connectivity index (χ1v) is 10.7. The van der Waals surface area contributed by atoms with Crippen molar-refractivity contribution in [2.24, 2.45) is 0 Å². The second-order valence-electron chi connectivity index (χ2n) is 8.17. The Morgan fingerprint density at radius 2 is 1.94 bits per heavy atom. The zero-order valence-electron chi connectivity index (χ0n) is 17.9. The molecule has 1 aliphatic rings. The molecular formula is C24H26ClN3O3. The van der Waals surface area contributed by atoms with E-state index in [-0.39, 0.29) is 24.0 Å². The van der Waals surface area contributed by atoms with Gasteiger partial charge in [-0.3, -0.25) is 14.5 Å². The van der Waals surface area contributed by atoms with Gasteiger partial charge in [-0.25, -0.2) is 0 Å². The number of nitrogens with one attached hydrogen (secondary N) is 2. The van der Waals surface area contributed by atoms with E-state index in [0.29, 0.717) is 30.2 Å². The molecule has 0 bridgehead atoms. The number of ether oxygens (including phenoxy) is 1. The lowest BCUT2D eigenvalue weighted by Gasteiger charge is -2.22. The number of aromatic nitrogens is 1. The molecule has 0 aliphatic carbocycles. The maximum absolute atomic E-state index is 13.0. The number of aryl methyl sites for hydroxylation is 2. The fraction of sp³-hybridized carbons (Fsp3) is 0.333. The predicted molar refractivity (Wildman–Crippen MR) is 121 cm³/mol. The van der Waals surface area contributed by atoms with Crippen LogP contribution >= 0.6 is 11.6 Å². The molecule has 2 heterocycles. The molecule has 31 heavy (non-hydrogen) atoms. The third-order valence-electron chi connectivity index (χ3n) is 5.97. The summed E-state index contributed by atoms with van der Waals surface area (Å²) in [7, 11) is 1.40. The molecule has 2 atom stereocenters. The van der Waals surface area contributed by atoms with Gasteiger partial charge in [-0.15, -0.1) is 0 Å². The fourth-order valence-corrected chi connectivity index (χ4v) is 4.45. The number of amides is 1. The largest absolute Gasteiger partial charge is 0.468 e. The van der Waals surface area contributed by atoms with E-state index in [2.05, 4.69) is 39.5 Å². The van der Waals surface area contributed by atoms with Crippen LogP contribution in [0.1, 0.15) is 33.6 Å². The number of aromatic amines is 1. The zero-order chi connectivity index (χ0) is 22.1. The lowest BCUT2D eigenvalue weighted by molar-refractivity contribution is -0.146. The fourth-order valence-electron chi connectivity index (χ4n) is 4.28. The van der Waals surface area contributed by atoms with Crippen LogP contribution in [-0.4, -0.2) is 47.5 Å². The van der Waals surface area contributed by atoms with E-state index < -0.39 is 0 Å². The molecule has 1 aliphatic heterocycles. The van der Waals surface area contributed by atoms with Gasteiger partial charge >= 0.3 is 5.97 Å². The Morgan fingerprint density at radius 3 is 2.65 bits per heavy atom. The minimum absolute atomic E-state index is 0.156. The van der Waals surface area contributed by atoms with Crippen molar-refractivity contribution in [1.29, 1.82) is 0 Å². The molecule has 0 spiro atoms. The van der Waals surface area contributed by atoms with Crippen molar-refractivity contribution in [3.05, 3.63) is 69.9 Å². The Hall–Kier alpha value is -2.83. The van der Waals surface area contributed by atoms with Crippen molar-refractivity contribution in [2.45, 2.75) is 38.9 Å². The van der Waals surface area contributed by atoms with E-state index in [1.807, 2.05) is 26.0 Å². The van der Waals surface area contributed by atoms with Gasteiger partial charge < -0.3 is 15.0 Å². The highest BCUT2D eigenvalue weighted by atomic mass is 35.5. The SMILES string of the molecule is COC(=O)[C@@H]1C[C@H](NC(=O)c2[nH]c3ccc(Cl)cc3c2C)CN1Cc1ccc(C)cc1. The summed E-state index contributed by atoms with van der Waals surface area (Å²) in [6.07, 6.45) is 0.509. The summed E-state index contributed by atoms with van der Waals surface area (Å²) in [5.41, 5.74) is 4.55. The van der Waals surface area contributed by atoms with Crippen molar-refractivity contribution in [2.75, 3.05) is 13.7 Å². The number of benzene rings is 2. The summed E-state index contributed by atoms with van der Waals surface area (Å²) in [5, 5.41) is 4.65. The Balaban J connectivity index is 1.50. The molecule has 1 aromatic heterocycles. The first kappa shape index (κ1) is 21.4. The molecule has 162 valence electrons. The van der Waals surface area contributed by atoms with Crippen LogP contribution in [0.3, 0.4) is 0 Å². The average molecular weight is 440 g/mol. The molecule has 6 nitrogen and oxygen atoms in total. The molecule has 7 heteroatoms. The van der Waals surface area contributed by atoms with Gasteiger partial charge in [0.1, 0.15) is 11.7 Å². The standard InChI is InChI=1S/C24H26ClN3O3/c1-14-4-6-16(7-5-14)12-28-13-18(11-21(28)24(30)31-3)26-23(29)22-15(2)19-10-17(25)8-9-20(19)27-22/h4-10,18,21,27H,11-13H2,1-3H3,(H,26,29)/t18-,21-/m0/s1. The molecule has 1 amide bonds. The highest BCUT2D eigenvalue weighted by molar-refractivity contribution is 6.31. The van der Waals surface area contributed by atoms with E-state index in [1.165, 1.54) is 12.7 Å². The summed E-state index contributed by atoms with van der Waals surface area (Å²) >= 11 is 6.10. The van der Waals surface area contributed by atoms with Crippen molar-refractivity contribution in [3.63, 3.8) is 0 Å². The zero-order valence-corrected chi connectivity index (χ0v) is 18.6. The smallest absolute Gasteiger partial charge is 0.323 e. The monoisotopic (exact) mass is 439 g/mol. The van der Waals surface area contributed by atoms with Gasteiger partial charge in [0, 0.05) is 35.1 Å². The summed E-state index contributed by atoms with van der Waals surface area (Å²) in [6, 6.07) is 13.2. The number of esters is 1. The van der Waals surface area contributed by atoms with Crippen LogP contribution in [0.5, 0.6) is 0 Å². The molecule has 2 aromatic carbocycles. The molecule has 2 N–H and O–H groups in total. The lowest BCUT2D eigenvalue weighted by atomic mass is 10.1. The number of likely N-dealkylation sites (tertiary alicyclic amines) is 1. The van der Waals surface area contributed by atoms with Gasteiger partial charge in [-0.1, -0.05) is 41.4 Å². The van der Waals surface area contributed by atoms with Gasteiger partial charge in [-0.05, 0) is 49.6 Å². The average Bonchev–Trinajstić information content (AvgIpc) is 3.30. The number of halogens is 1. The van der Waals surface area contributed by atoms with Crippen LogP contribution in [0, 0.1) is 13.8 Å². The minimum Gasteiger partial charge on any atom is -0.468 e. The molecule has 0 saturated carbocycles. The van der Waals surface area contributed by atoms with Gasteiger partial charge in [-0.2, -0.15) is 0 Å². The number of methoxy groups -OCH3 is 1. The van der Waals surface area contributed by atoms with Crippen molar-refractivity contribution in [1.82, 2.24) is 15.2 Å². The molecule has 4 rings (SSSR count). The molecule has 1 fully saturated rings. The Bertz CT molecular complexity index is 1120. The first-order valence-electron chi connectivity index (χ1n) is 10.3. The van der Waals surface area contributed by atoms with E-state index in [9.17, 15) is 9.59 Å². The Labute approximate surface area is 186 Å². The topological polar surface area (TPSA) is 74.4 Å². The second-order valence-corrected chi connectivity index (χ2v) is 8.61. The summed E-state index contributed by atoms with van der Waals surface area (Å²) < 4.78 is 5.02. The number of fused-ring (bicyclic) bond motifs is 1. The highest BCUT2D eigenvalue weighted by Gasteiger charge is 2.38. The van der Waals surface area contributed by atoms with Crippen LogP contribution < -0.4 is 5.32 Å². The number of rotatable bonds is 5. The predicted octanol–water partition coefficient (Wildman–Crippen LogP) is 3.98. The van der Waals surface area contributed by atoms with Crippen LogP contribution in [0.2, 0.25) is 5.02 Å². The van der Waals surface area contributed by atoms with Gasteiger partial charge in [0.2, 0.25) is 0 Å². The molecular weight excluding hydrogens is 414 g/mol. The number of carbonyl (C=O) groups excluding carboxylic acids is 2. The van der Waals surface area contributed by atoms with E-state index in [4.69, 9.17) is 16.3 Å². The van der Waals surface area contributed by atoms with Crippen LogP contribution in [0.15, 0.2) is 42.5 Å². The molecule has 0 radical (unpaired) electrons. The normalized spacial score (nSPS) is 19.0. The van der Waals surface area contributed by atoms with E-state index in [1.54, 1.807) is 6.07 Å². The first-order chi connectivity index (χ1) is 14.9. The third kappa shape index (κ3) is 4.45. The van der Waals surface area contributed by atoms with Crippen molar-refractivity contribution in [3.8, 4) is 0 Å². The summed E-state index contributed by atoms with van der Waals surface area (Å²) in [5.74, 6) is -0.462. The number of nitrogens with zero attached hydrogens (tertiary/aromatic N) is 1. The number of hydrogen-bond acceptors (Lipinski definition) is 4. The van der Waals surface area contributed by atoms with Gasteiger partial charge in [0.15, 0.2) is 0 Å². The maximum atomic E-state index is 13.0. The van der Waals surface area contributed by atoms with Crippen molar-refractivity contribution >= 4 is 34.4 Å². The lowest BCUT2D eigenvalue weighted by Crippen LogP contribution is -2.38. The van der Waals surface area contributed by atoms with Crippen LogP contribution in [-0.2, 0) is 16.1 Å². The minimum atomic E-state index is -0.390. The number of hydrogen-bond donors (Lipinski definition) is 2.